The molecule has 1 atom stereocenters. The van der Waals surface area contributed by atoms with Crippen LogP contribution in [0.2, 0.25) is 0 Å². The van der Waals surface area contributed by atoms with Crippen LogP contribution in [0.25, 0.3) is 0 Å². The molecule has 5 heteroatoms. The van der Waals surface area contributed by atoms with Gasteiger partial charge in [0.15, 0.2) is 0 Å². The van der Waals surface area contributed by atoms with Gasteiger partial charge in [-0.15, -0.1) is 11.3 Å². The number of rotatable bonds is 4. The van der Waals surface area contributed by atoms with Gasteiger partial charge < -0.3 is 11.1 Å². The van der Waals surface area contributed by atoms with E-state index in [1.165, 1.54) is 11.3 Å². The largest absolute Gasteiger partial charge is 0.347 e. The molecule has 2 aromatic rings. The number of thiazole rings is 1. The van der Waals surface area contributed by atoms with Crippen molar-refractivity contribution in [2.45, 2.75) is 19.5 Å². The van der Waals surface area contributed by atoms with E-state index in [-0.39, 0.29) is 11.9 Å². The van der Waals surface area contributed by atoms with Gasteiger partial charge in [0, 0.05) is 11.9 Å². The Morgan fingerprint density at radius 2 is 2.17 bits per heavy atom. The molecule has 18 heavy (non-hydrogen) atoms. The van der Waals surface area contributed by atoms with Crippen LogP contribution in [0.1, 0.15) is 34.0 Å². The summed E-state index contributed by atoms with van der Waals surface area (Å²) in [5, 5.41) is 5.34. The molecule has 1 aromatic carbocycles. The van der Waals surface area contributed by atoms with Crippen molar-refractivity contribution in [3.05, 3.63) is 52.0 Å². The van der Waals surface area contributed by atoms with Crippen LogP contribution in [-0.2, 0) is 6.54 Å². The minimum atomic E-state index is -0.165. The SMILES string of the molecule is CC(N)c1nc(C(=O)NCc2ccccc2)cs1. The first-order valence-electron chi connectivity index (χ1n) is 5.70. The molecule has 94 valence electrons. The molecule has 0 saturated carbocycles. The summed E-state index contributed by atoms with van der Waals surface area (Å²) in [5.74, 6) is -0.165. The lowest BCUT2D eigenvalue weighted by Crippen LogP contribution is -2.23. The molecule has 1 heterocycles. The molecule has 4 nitrogen and oxygen atoms in total. The van der Waals surface area contributed by atoms with Crippen LogP contribution in [0.15, 0.2) is 35.7 Å². The summed E-state index contributed by atoms with van der Waals surface area (Å²) in [6.07, 6.45) is 0. The number of carbonyl (C=O) groups excluding carboxylic acids is 1. The minimum absolute atomic E-state index is 0.134. The molecule has 1 unspecified atom stereocenters. The number of nitrogens with two attached hydrogens (primary N) is 1. The second kappa shape index (κ2) is 5.75. The van der Waals surface area contributed by atoms with E-state index in [1.54, 1.807) is 5.38 Å². The maximum absolute atomic E-state index is 11.8. The Bertz CT molecular complexity index is 522. The van der Waals surface area contributed by atoms with Gasteiger partial charge >= 0.3 is 0 Å². The van der Waals surface area contributed by atoms with Crippen molar-refractivity contribution in [1.29, 1.82) is 0 Å². The van der Waals surface area contributed by atoms with Gasteiger partial charge in [0.25, 0.3) is 5.91 Å². The van der Waals surface area contributed by atoms with Crippen LogP contribution in [0.3, 0.4) is 0 Å². The summed E-state index contributed by atoms with van der Waals surface area (Å²) in [5.41, 5.74) is 7.21. The summed E-state index contributed by atoms with van der Waals surface area (Å²) in [6, 6.07) is 9.63. The fourth-order valence-corrected chi connectivity index (χ4v) is 2.23. The molecule has 3 N–H and O–H groups in total. The fourth-order valence-electron chi connectivity index (χ4n) is 1.47. The Morgan fingerprint density at radius 3 is 2.78 bits per heavy atom. The molecule has 0 bridgehead atoms. The summed E-state index contributed by atoms with van der Waals surface area (Å²) >= 11 is 1.41. The first kappa shape index (κ1) is 12.7. The molecular weight excluding hydrogens is 246 g/mol. The molecule has 0 aliphatic heterocycles. The standard InChI is InChI=1S/C13H15N3OS/c1-9(14)13-16-11(8-18-13)12(17)15-7-10-5-3-2-4-6-10/h2-6,8-9H,7,14H2,1H3,(H,15,17). The second-order valence-corrected chi connectivity index (χ2v) is 4.92. The van der Waals surface area contributed by atoms with Gasteiger partial charge in [-0.1, -0.05) is 30.3 Å². The van der Waals surface area contributed by atoms with E-state index >= 15 is 0 Å². The van der Waals surface area contributed by atoms with Crippen molar-refractivity contribution in [1.82, 2.24) is 10.3 Å². The Hall–Kier alpha value is -1.72. The van der Waals surface area contributed by atoms with Gasteiger partial charge in [-0.25, -0.2) is 4.98 Å². The van der Waals surface area contributed by atoms with Crippen LogP contribution >= 0.6 is 11.3 Å². The smallest absolute Gasteiger partial charge is 0.271 e. The van der Waals surface area contributed by atoms with Crippen molar-refractivity contribution in [2.24, 2.45) is 5.73 Å². The van der Waals surface area contributed by atoms with Gasteiger partial charge in [-0.3, -0.25) is 4.79 Å². The van der Waals surface area contributed by atoms with Crippen LogP contribution < -0.4 is 11.1 Å². The zero-order valence-electron chi connectivity index (χ0n) is 10.1. The van der Waals surface area contributed by atoms with E-state index < -0.39 is 0 Å². The summed E-state index contributed by atoms with van der Waals surface area (Å²) < 4.78 is 0. The molecule has 0 radical (unpaired) electrons. The van der Waals surface area contributed by atoms with Crippen LogP contribution in [-0.4, -0.2) is 10.9 Å². The van der Waals surface area contributed by atoms with E-state index in [0.29, 0.717) is 12.2 Å². The van der Waals surface area contributed by atoms with Crippen molar-refractivity contribution >= 4 is 17.2 Å². The monoisotopic (exact) mass is 261 g/mol. The van der Waals surface area contributed by atoms with Crippen molar-refractivity contribution in [2.75, 3.05) is 0 Å². The summed E-state index contributed by atoms with van der Waals surface area (Å²) in [4.78, 5) is 16.0. The van der Waals surface area contributed by atoms with Crippen LogP contribution in [0, 0.1) is 0 Å². The van der Waals surface area contributed by atoms with Crippen molar-refractivity contribution in [3.8, 4) is 0 Å². The first-order chi connectivity index (χ1) is 8.66. The van der Waals surface area contributed by atoms with Gasteiger partial charge in [-0.05, 0) is 12.5 Å². The zero-order valence-corrected chi connectivity index (χ0v) is 10.9. The quantitative estimate of drug-likeness (QED) is 0.885. The third-order valence-electron chi connectivity index (χ3n) is 2.44. The van der Waals surface area contributed by atoms with Gasteiger partial charge in [0.05, 0.1) is 6.04 Å². The molecule has 1 aromatic heterocycles. The third kappa shape index (κ3) is 3.15. The average Bonchev–Trinajstić information content (AvgIpc) is 2.87. The fraction of sp³-hybridized carbons (Fsp3) is 0.231. The Balaban J connectivity index is 1.95. The average molecular weight is 261 g/mol. The predicted octanol–water partition coefficient (Wildman–Crippen LogP) is 2.09. The molecule has 0 aliphatic rings. The highest BCUT2D eigenvalue weighted by Gasteiger charge is 2.12. The number of carbonyl (C=O) groups is 1. The maximum Gasteiger partial charge on any atom is 0.271 e. The molecule has 0 fully saturated rings. The number of amides is 1. The molecule has 0 saturated heterocycles. The van der Waals surface area contributed by atoms with E-state index in [0.717, 1.165) is 10.6 Å². The molecule has 0 aliphatic carbocycles. The third-order valence-corrected chi connectivity index (χ3v) is 3.49. The number of hydrogen-bond acceptors (Lipinski definition) is 4. The maximum atomic E-state index is 11.8. The first-order valence-corrected chi connectivity index (χ1v) is 6.58. The summed E-state index contributed by atoms with van der Waals surface area (Å²) in [6.45, 7) is 2.36. The number of aromatic nitrogens is 1. The Labute approximate surface area is 110 Å². The van der Waals surface area contributed by atoms with Gasteiger partial charge in [0.2, 0.25) is 0 Å². The van der Waals surface area contributed by atoms with E-state index in [2.05, 4.69) is 10.3 Å². The lowest BCUT2D eigenvalue weighted by molar-refractivity contribution is 0.0946. The highest BCUT2D eigenvalue weighted by atomic mass is 32.1. The topological polar surface area (TPSA) is 68.0 Å². The lowest BCUT2D eigenvalue weighted by Gasteiger charge is -2.03. The Kier molecular flexibility index (Phi) is 4.07. The highest BCUT2D eigenvalue weighted by molar-refractivity contribution is 7.09. The van der Waals surface area contributed by atoms with Gasteiger partial charge in [-0.2, -0.15) is 0 Å². The van der Waals surface area contributed by atoms with Crippen molar-refractivity contribution in [3.63, 3.8) is 0 Å². The number of nitrogens with one attached hydrogen (secondary N) is 1. The van der Waals surface area contributed by atoms with Gasteiger partial charge in [0.1, 0.15) is 10.7 Å². The second-order valence-electron chi connectivity index (χ2n) is 4.03. The van der Waals surface area contributed by atoms with E-state index in [1.807, 2.05) is 37.3 Å². The number of benzene rings is 1. The molecule has 1 amide bonds. The lowest BCUT2D eigenvalue weighted by atomic mass is 10.2. The van der Waals surface area contributed by atoms with Crippen molar-refractivity contribution < 1.29 is 4.79 Å². The normalized spacial score (nSPS) is 12.1. The van der Waals surface area contributed by atoms with E-state index in [4.69, 9.17) is 5.73 Å². The number of nitrogens with zero attached hydrogens (tertiary/aromatic N) is 1. The van der Waals surface area contributed by atoms with E-state index in [9.17, 15) is 4.79 Å². The molecule has 2 rings (SSSR count). The number of hydrogen-bond donors (Lipinski definition) is 2. The van der Waals surface area contributed by atoms with Crippen LogP contribution in [0.5, 0.6) is 0 Å². The molecular formula is C13H15N3OS. The predicted molar refractivity (Wildman–Crippen MR) is 72.3 cm³/mol. The minimum Gasteiger partial charge on any atom is -0.347 e. The zero-order chi connectivity index (χ0) is 13.0. The Morgan fingerprint density at radius 1 is 1.44 bits per heavy atom. The highest BCUT2D eigenvalue weighted by Crippen LogP contribution is 2.15. The summed E-state index contributed by atoms with van der Waals surface area (Å²) in [7, 11) is 0. The molecule has 0 spiro atoms. The van der Waals surface area contributed by atoms with Crippen LogP contribution in [0.4, 0.5) is 0 Å².